The lowest BCUT2D eigenvalue weighted by molar-refractivity contribution is 0.162. The van der Waals surface area contributed by atoms with Crippen LogP contribution in [-0.2, 0) is 0 Å². The van der Waals surface area contributed by atoms with Gasteiger partial charge in [0.05, 0.1) is 18.2 Å². The van der Waals surface area contributed by atoms with Crippen molar-refractivity contribution < 1.29 is 0 Å². The molecule has 6 aliphatic rings. The summed E-state index contributed by atoms with van der Waals surface area (Å²) in [4.78, 5) is 5.84. The van der Waals surface area contributed by atoms with Crippen molar-refractivity contribution >= 4 is 0 Å². The monoisotopic (exact) mass is 468 g/mol. The average Bonchev–Trinajstić information content (AvgIpc) is 3.47. The molecule has 186 valence electrons. The molecule has 0 amide bonds. The molecule has 6 rings (SSSR count). The van der Waals surface area contributed by atoms with Crippen LogP contribution in [0.2, 0.25) is 0 Å². The maximum Gasteiger partial charge on any atom is 0.0834 e. The van der Waals surface area contributed by atoms with E-state index in [9.17, 15) is 0 Å². The summed E-state index contributed by atoms with van der Waals surface area (Å²) in [6.45, 7) is 6.08. The predicted octanol–water partition coefficient (Wildman–Crippen LogP) is 7.71. The first-order valence-corrected chi connectivity index (χ1v) is 14.6. The van der Waals surface area contributed by atoms with E-state index in [4.69, 9.17) is 0 Å². The van der Waals surface area contributed by atoms with Crippen LogP contribution in [0.4, 0.5) is 0 Å². The minimum Gasteiger partial charge on any atom is -0.350 e. The molecule has 2 saturated heterocycles. The molecule has 0 saturated carbocycles. The summed E-state index contributed by atoms with van der Waals surface area (Å²) in [7, 11) is 0. The first kappa shape index (κ1) is 23.3. The Hall–Kier alpha value is -2.06. The van der Waals surface area contributed by atoms with Crippen LogP contribution in [-0.4, -0.2) is 34.6 Å². The lowest BCUT2D eigenvalue weighted by atomic mass is 9.74. The van der Waals surface area contributed by atoms with Gasteiger partial charge in [-0.15, -0.1) is 0 Å². The van der Waals surface area contributed by atoms with Crippen LogP contribution in [0.25, 0.3) is 0 Å². The molecular weight excluding hydrogens is 424 g/mol. The Balaban J connectivity index is 1.45. The van der Waals surface area contributed by atoms with E-state index in [2.05, 4.69) is 90.5 Å². The molecule has 0 N–H and O–H groups in total. The second kappa shape index (κ2) is 10.1. The Bertz CT molecular complexity index is 1000. The van der Waals surface area contributed by atoms with Gasteiger partial charge in [0, 0.05) is 23.7 Å². The summed E-state index contributed by atoms with van der Waals surface area (Å²) in [6.07, 6.45) is 38.7. The van der Waals surface area contributed by atoms with Gasteiger partial charge < -0.3 is 4.90 Å². The molecule has 0 bridgehead atoms. The zero-order chi connectivity index (χ0) is 23.8. The van der Waals surface area contributed by atoms with Crippen molar-refractivity contribution in [3.05, 3.63) is 83.7 Å². The van der Waals surface area contributed by atoms with Crippen LogP contribution in [0.1, 0.15) is 71.6 Å². The van der Waals surface area contributed by atoms with Crippen LogP contribution >= 0.6 is 0 Å². The van der Waals surface area contributed by atoms with Gasteiger partial charge in [-0.1, -0.05) is 93.5 Å². The fourth-order valence-corrected chi connectivity index (χ4v) is 8.15. The lowest BCUT2D eigenvalue weighted by Gasteiger charge is -2.43. The smallest absolute Gasteiger partial charge is 0.0834 e. The van der Waals surface area contributed by atoms with Gasteiger partial charge in [-0.25, -0.2) is 0 Å². The Morgan fingerprint density at radius 3 is 2.49 bits per heavy atom. The van der Waals surface area contributed by atoms with E-state index in [0.717, 1.165) is 17.8 Å². The van der Waals surface area contributed by atoms with Gasteiger partial charge in [-0.3, -0.25) is 4.90 Å². The Kier molecular flexibility index (Phi) is 6.76. The molecule has 2 heteroatoms. The topological polar surface area (TPSA) is 6.48 Å². The fraction of sp³-hybridized carbons (Fsp3) is 0.576. The molecule has 4 aliphatic carbocycles. The molecule has 2 aliphatic heterocycles. The van der Waals surface area contributed by atoms with Gasteiger partial charge >= 0.3 is 0 Å². The second-order valence-corrected chi connectivity index (χ2v) is 11.6. The van der Waals surface area contributed by atoms with Gasteiger partial charge in [0.25, 0.3) is 0 Å². The normalized spacial score (nSPS) is 36.3. The van der Waals surface area contributed by atoms with Crippen molar-refractivity contribution in [3.8, 4) is 0 Å². The third kappa shape index (κ3) is 4.16. The van der Waals surface area contributed by atoms with Crippen LogP contribution in [0.15, 0.2) is 83.7 Å². The molecule has 6 atom stereocenters. The van der Waals surface area contributed by atoms with Crippen molar-refractivity contribution in [2.24, 2.45) is 23.7 Å². The number of hydrogen-bond acceptors (Lipinski definition) is 2. The van der Waals surface area contributed by atoms with E-state index < -0.39 is 0 Å². The van der Waals surface area contributed by atoms with E-state index in [1.54, 1.807) is 5.70 Å². The van der Waals surface area contributed by atoms with E-state index in [0.29, 0.717) is 24.2 Å². The van der Waals surface area contributed by atoms with E-state index in [1.807, 2.05) is 0 Å². The van der Waals surface area contributed by atoms with Crippen molar-refractivity contribution in [3.63, 3.8) is 0 Å². The zero-order valence-electron chi connectivity index (χ0n) is 21.9. The number of nitrogens with zero attached hydrogens (tertiary/aromatic N) is 2. The molecule has 2 fully saturated rings. The Morgan fingerprint density at radius 2 is 1.74 bits per heavy atom. The number of rotatable bonds is 6. The Morgan fingerprint density at radius 1 is 0.886 bits per heavy atom. The highest BCUT2D eigenvalue weighted by Crippen LogP contribution is 2.50. The highest BCUT2D eigenvalue weighted by molar-refractivity contribution is 5.53. The van der Waals surface area contributed by atoms with Crippen molar-refractivity contribution in [2.45, 2.75) is 89.9 Å². The maximum atomic E-state index is 2.96. The quantitative estimate of drug-likeness (QED) is 0.368. The summed E-state index contributed by atoms with van der Waals surface area (Å²) in [5.41, 5.74) is 4.68. The van der Waals surface area contributed by atoms with E-state index in [1.165, 1.54) is 75.5 Å². The number of allylic oxidation sites excluding steroid dienone is 12. The predicted molar refractivity (Wildman–Crippen MR) is 148 cm³/mol. The van der Waals surface area contributed by atoms with Crippen molar-refractivity contribution in [2.75, 3.05) is 6.54 Å². The highest BCUT2D eigenvalue weighted by atomic mass is 15.5. The fourth-order valence-electron chi connectivity index (χ4n) is 8.15. The van der Waals surface area contributed by atoms with Gasteiger partial charge in [-0.05, 0) is 68.3 Å². The summed E-state index contributed by atoms with van der Waals surface area (Å²) in [5, 5.41) is 0. The average molecular weight is 469 g/mol. The molecule has 0 radical (unpaired) electrons. The van der Waals surface area contributed by atoms with Crippen LogP contribution in [0.5, 0.6) is 0 Å². The SMILES string of the molecule is CCC(CC)C1CC2N(C1)C1C=CC=CC1N2C1=C(C2=CCCC=C2)C=CCC1C1CC=CCC1. The van der Waals surface area contributed by atoms with Crippen LogP contribution < -0.4 is 0 Å². The Labute approximate surface area is 213 Å². The largest absolute Gasteiger partial charge is 0.350 e. The number of hydrogen-bond donors (Lipinski definition) is 0. The molecule has 0 aromatic rings. The molecule has 0 aromatic heterocycles. The molecule has 35 heavy (non-hydrogen) atoms. The molecule has 0 spiro atoms. The summed E-state index contributed by atoms with van der Waals surface area (Å²) < 4.78 is 0. The van der Waals surface area contributed by atoms with Crippen molar-refractivity contribution in [1.29, 1.82) is 0 Å². The third-order valence-corrected chi connectivity index (χ3v) is 9.92. The van der Waals surface area contributed by atoms with E-state index >= 15 is 0 Å². The standard InChI is InChI=1S/C33H44N2/c1-3-24(4-2)27-22-32-34(23-27)30-20-11-12-21-31(30)35(32)33-28(25-14-7-5-8-15-25)18-13-19-29(33)26-16-9-6-10-17-26/h5,7,9,11-13,16-17,19-21,24-25,27-28,30-32H,3-4,6,8,10,14-15,18,22-23H2,1-2H3. The first-order valence-electron chi connectivity index (χ1n) is 14.6. The lowest BCUT2D eigenvalue weighted by Crippen LogP contribution is -2.43. The number of fused-ring (bicyclic) bond motifs is 3. The van der Waals surface area contributed by atoms with E-state index in [-0.39, 0.29) is 0 Å². The molecule has 2 heterocycles. The van der Waals surface area contributed by atoms with Crippen LogP contribution in [0.3, 0.4) is 0 Å². The highest BCUT2D eigenvalue weighted by Gasteiger charge is 2.53. The van der Waals surface area contributed by atoms with Gasteiger partial charge in [0.1, 0.15) is 0 Å². The van der Waals surface area contributed by atoms with Gasteiger partial charge in [0.15, 0.2) is 0 Å². The van der Waals surface area contributed by atoms with Crippen LogP contribution in [0, 0.1) is 23.7 Å². The minimum absolute atomic E-state index is 0.471. The summed E-state index contributed by atoms with van der Waals surface area (Å²) in [6, 6.07) is 0.991. The minimum atomic E-state index is 0.471. The third-order valence-electron chi connectivity index (χ3n) is 9.92. The van der Waals surface area contributed by atoms with Gasteiger partial charge in [-0.2, -0.15) is 0 Å². The zero-order valence-corrected chi connectivity index (χ0v) is 21.9. The first-order chi connectivity index (χ1) is 17.3. The molecule has 2 nitrogen and oxygen atoms in total. The second-order valence-electron chi connectivity index (χ2n) is 11.6. The molecular formula is C33H44N2. The van der Waals surface area contributed by atoms with Gasteiger partial charge in [0.2, 0.25) is 0 Å². The molecule has 6 unspecified atom stereocenters. The summed E-state index contributed by atoms with van der Waals surface area (Å²) in [5.74, 6) is 3.07. The maximum absolute atomic E-state index is 2.96. The van der Waals surface area contributed by atoms with Crippen molar-refractivity contribution in [1.82, 2.24) is 9.80 Å². The molecule has 0 aromatic carbocycles. The summed E-state index contributed by atoms with van der Waals surface area (Å²) >= 11 is 0.